The van der Waals surface area contributed by atoms with Gasteiger partial charge in [-0.25, -0.2) is 0 Å². The molecule has 20 heavy (non-hydrogen) atoms. The van der Waals surface area contributed by atoms with E-state index in [1.807, 2.05) is 4.90 Å². The Morgan fingerprint density at radius 3 is 2.90 bits per heavy atom. The summed E-state index contributed by atoms with van der Waals surface area (Å²) in [5, 5.41) is 4.64. The number of carbonyl (C=O) groups is 1. The summed E-state index contributed by atoms with van der Waals surface area (Å²) in [6, 6.07) is 5.74. The Morgan fingerprint density at radius 2 is 2.20 bits per heavy atom. The number of thiophene rings is 1. The van der Waals surface area contributed by atoms with Crippen LogP contribution in [0.25, 0.3) is 0 Å². The monoisotopic (exact) mass is 307 g/mol. The van der Waals surface area contributed by atoms with Gasteiger partial charge >= 0.3 is 0 Å². The van der Waals surface area contributed by atoms with E-state index in [1.54, 1.807) is 12.1 Å². The van der Waals surface area contributed by atoms with Crippen molar-refractivity contribution in [3.8, 4) is 0 Å². The van der Waals surface area contributed by atoms with E-state index in [0.29, 0.717) is 28.2 Å². The molecule has 0 atom stereocenters. The average Bonchev–Trinajstić information content (AvgIpc) is 3.07. The highest BCUT2D eigenvalue weighted by atomic mass is 35.5. The third kappa shape index (κ3) is 2.15. The fourth-order valence-corrected chi connectivity index (χ4v) is 3.64. The summed E-state index contributed by atoms with van der Waals surface area (Å²) in [7, 11) is 0. The summed E-state index contributed by atoms with van der Waals surface area (Å²) in [6.07, 6.45) is 2.51. The molecule has 1 aliphatic carbocycles. The van der Waals surface area contributed by atoms with Gasteiger partial charge in [0.05, 0.1) is 33.7 Å². The largest absolute Gasteiger partial charge is 0.330 e. The van der Waals surface area contributed by atoms with E-state index >= 15 is 0 Å². The predicted octanol–water partition coefficient (Wildman–Crippen LogP) is 3.13. The maximum atomic E-state index is 12.4. The first kappa shape index (κ1) is 12.4. The molecule has 104 valence electrons. The lowest BCUT2D eigenvalue weighted by Gasteiger charge is -2.27. The Balaban J connectivity index is 1.55. The van der Waals surface area contributed by atoms with Crippen LogP contribution in [0.2, 0.25) is 4.34 Å². The molecule has 4 nitrogen and oxygen atoms in total. The van der Waals surface area contributed by atoms with E-state index in [1.165, 1.54) is 29.9 Å². The SMILES string of the molecule is O=C(c1ccc(Cl)s1)N1CCn2nc(C3CC3)cc2C1. The lowest BCUT2D eigenvalue weighted by molar-refractivity contribution is 0.0711. The first-order chi connectivity index (χ1) is 9.70. The minimum absolute atomic E-state index is 0.0716. The standard InChI is InChI=1S/C14H14ClN3OS/c15-13-4-3-12(20-13)14(19)17-5-6-18-10(8-17)7-11(16-18)9-1-2-9/h3-4,7,9H,1-2,5-6,8H2. The van der Waals surface area contributed by atoms with Crippen molar-refractivity contribution in [3.05, 3.63) is 38.8 Å². The second-order valence-electron chi connectivity index (χ2n) is 5.39. The van der Waals surface area contributed by atoms with E-state index in [0.717, 1.165) is 12.2 Å². The smallest absolute Gasteiger partial charge is 0.264 e. The van der Waals surface area contributed by atoms with Crippen molar-refractivity contribution in [1.82, 2.24) is 14.7 Å². The van der Waals surface area contributed by atoms with Crippen molar-refractivity contribution in [2.75, 3.05) is 6.54 Å². The quantitative estimate of drug-likeness (QED) is 0.855. The maximum absolute atomic E-state index is 12.4. The van der Waals surface area contributed by atoms with E-state index in [9.17, 15) is 4.79 Å². The molecule has 4 rings (SSSR count). The molecule has 0 saturated heterocycles. The zero-order valence-electron chi connectivity index (χ0n) is 10.9. The maximum Gasteiger partial charge on any atom is 0.264 e. The van der Waals surface area contributed by atoms with E-state index in [4.69, 9.17) is 11.6 Å². The van der Waals surface area contributed by atoms with Gasteiger partial charge in [0.25, 0.3) is 5.91 Å². The number of rotatable bonds is 2. The summed E-state index contributed by atoms with van der Waals surface area (Å²) in [4.78, 5) is 15.0. The predicted molar refractivity (Wildman–Crippen MR) is 78.3 cm³/mol. The molecule has 3 heterocycles. The van der Waals surface area contributed by atoms with Gasteiger partial charge in [-0.1, -0.05) is 11.6 Å². The topological polar surface area (TPSA) is 38.1 Å². The van der Waals surface area contributed by atoms with Crippen LogP contribution in [0, 0.1) is 0 Å². The molecular formula is C14H14ClN3OS. The van der Waals surface area contributed by atoms with Gasteiger partial charge in [0.2, 0.25) is 0 Å². The van der Waals surface area contributed by atoms with Crippen LogP contribution in [0.15, 0.2) is 18.2 Å². The molecule has 1 fully saturated rings. The van der Waals surface area contributed by atoms with Crippen molar-refractivity contribution >= 4 is 28.8 Å². The number of hydrogen-bond donors (Lipinski definition) is 0. The Bertz CT molecular complexity index is 674. The van der Waals surface area contributed by atoms with E-state index in [2.05, 4.69) is 15.8 Å². The molecule has 0 bridgehead atoms. The van der Waals surface area contributed by atoms with Crippen LogP contribution in [0.5, 0.6) is 0 Å². The summed E-state index contributed by atoms with van der Waals surface area (Å²) in [6.45, 7) is 2.15. The molecule has 2 aliphatic rings. The lowest BCUT2D eigenvalue weighted by atomic mass is 10.2. The van der Waals surface area contributed by atoms with Crippen LogP contribution in [0.4, 0.5) is 0 Å². The van der Waals surface area contributed by atoms with Gasteiger partial charge in [0.1, 0.15) is 0 Å². The van der Waals surface area contributed by atoms with Crippen LogP contribution >= 0.6 is 22.9 Å². The highest BCUT2D eigenvalue weighted by Crippen LogP contribution is 2.39. The zero-order chi connectivity index (χ0) is 13.7. The second-order valence-corrected chi connectivity index (χ2v) is 7.10. The Hall–Kier alpha value is -1.33. The Labute approximate surface area is 126 Å². The van der Waals surface area contributed by atoms with Gasteiger partial charge in [-0.3, -0.25) is 9.48 Å². The molecule has 0 radical (unpaired) electrons. The number of amides is 1. The van der Waals surface area contributed by atoms with Crippen LogP contribution in [0.1, 0.15) is 39.8 Å². The highest BCUT2D eigenvalue weighted by Gasteiger charge is 2.30. The first-order valence-electron chi connectivity index (χ1n) is 6.82. The first-order valence-corrected chi connectivity index (χ1v) is 8.01. The normalized spacial score (nSPS) is 18.1. The van der Waals surface area contributed by atoms with Gasteiger partial charge in [0, 0.05) is 12.5 Å². The highest BCUT2D eigenvalue weighted by molar-refractivity contribution is 7.17. The summed E-state index contributed by atoms with van der Waals surface area (Å²) in [5.74, 6) is 0.732. The zero-order valence-corrected chi connectivity index (χ0v) is 12.5. The lowest BCUT2D eigenvalue weighted by Crippen LogP contribution is -2.38. The molecule has 2 aromatic rings. The van der Waals surface area contributed by atoms with Crippen molar-refractivity contribution in [2.24, 2.45) is 0 Å². The number of nitrogens with zero attached hydrogens (tertiary/aromatic N) is 3. The Morgan fingerprint density at radius 1 is 1.35 bits per heavy atom. The third-order valence-corrected chi connectivity index (χ3v) is 5.10. The van der Waals surface area contributed by atoms with Crippen LogP contribution in [-0.4, -0.2) is 27.1 Å². The third-order valence-electron chi connectivity index (χ3n) is 3.88. The number of fused-ring (bicyclic) bond motifs is 1. The number of aromatic nitrogens is 2. The van der Waals surface area contributed by atoms with Crippen LogP contribution < -0.4 is 0 Å². The molecular weight excluding hydrogens is 294 g/mol. The molecule has 6 heteroatoms. The average molecular weight is 308 g/mol. The van der Waals surface area contributed by atoms with E-state index in [-0.39, 0.29) is 5.91 Å². The molecule has 0 unspecified atom stereocenters. The molecule has 1 aliphatic heterocycles. The summed E-state index contributed by atoms with van der Waals surface area (Å²) >= 11 is 7.25. The fraction of sp³-hybridized carbons (Fsp3) is 0.429. The molecule has 0 aromatic carbocycles. The molecule has 1 amide bonds. The van der Waals surface area contributed by atoms with Crippen molar-refractivity contribution in [2.45, 2.75) is 31.8 Å². The fourth-order valence-electron chi connectivity index (χ4n) is 2.63. The van der Waals surface area contributed by atoms with Crippen LogP contribution in [0.3, 0.4) is 0 Å². The number of hydrogen-bond acceptors (Lipinski definition) is 3. The van der Waals surface area contributed by atoms with Gasteiger partial charge in [-0.2, -0.15) is 5.10 Å². The number of halogens is 1. The minimum Gasteiger partial charge on any atom is -0.330 e. The van der Waals surface area contributed by atoms with Gasteiger partial charge in [0.15, 0.2) is 0 Å². The van der Waals surface area contributed by atoms with Crippen molar-refractivity contribution < 1.29 is 4.79 Å². The molecule has 2 aromatic heterocycles. The number of carbonyl (C=O) groups excluding carboxylic acids is 1. The van der Waals surface area contributed by atoms with Crippen LogP contribution in [-0.2, 0) is 13.1 Å². The molecule has 1 saturated carbocycles. The van der Waals surface area contributed by atoms with Crippen molar-refractivity contribution in [3.63, 3.8) is 0 Å². The second kappa shape index (κ2) is 4.60. The van der Waals surface area contributed by atoms with Gasteiger partial charge in [-0.05, 0) is 31.0 Å². The van der Waals surface area contributed by atoms with Gasteiger partial charge in [-0.15, -0.1) is 11.3 Å². The summed E-state index contributed by atoms with van der Waals surface area (Å²) in [5.41, 5.74) is 2.35. The minimum atomic E-state index is 0.0716. The van der Waals surface area contributed by atoms with E-state index < -0.39 is 0 Å². The van der Waals surface area contributed by atoms with Crippen molar-refractivity contribution in [1.29, 1.82) is 0 Å². The summed E-state index contributed by atoms with van der Waals surface area (Å²) < 4.78 is 2.71. The van der Waals surface area contributed by atoms with Gasteiger partial charge < -0.3 is 4.90 Å². The molecule has 0 spiro atoms. The Kier molecular flexibility index (Phi) is 2.86. The molecule has 0 N–H and O–H groups in total.